The van der Waals surface area contributed by atoms with Crippen molar-refractivity contribution in [3.05, 3.63) is 35.5 Å². The minimum absolute atomic E-state index is 0.218. The Labute approximate surface area is 131 Å². The van der Waals surface area contributed by atoms with Crippen LogP contribution in [0.4, 0.5) is 0 Å². The van der Waals surface area contributed by atoms with Crippen LogP contribution in [-0.2, 0) is 14.4 Å². The molecule has 0 unspecified atom stereocenters. The Morgan fingerprint density at radius 3 is 2.27 bits per heavy atom. The van der Waals surface area contributed by atoms with Crippen LogP contribution in [0.2, 0.25) is 0 Å². The predicted octanol–water partition coefficient (Wildman–Crippen LogP) is 1.28. The molecule has 0 aliphatic rings. The van der Waals surface area contributed by atoms with E-state index in [1.165, 1.54) is 0 Å². The molecule has 22 heavy (non-hydrogen) atoms. The third-order valence-corrected chi connectivity index (χ3v) is 2.79. The number of carbonyl (C=O) groups excluding carboxylic acids is 3. The maximum atomic E-state index is 11.7. The lowest BCUT2D eigenvalue weighted by molar-refractivity contribution is -0.139. The highest BCUT2D eigenvalue weighted by atomic mass is 16.2. The summed E-state index contributed by atoms with van der Waals surface area (Å²) < 4.78 is 0. The molecule has 0 aromatic heterocycles. The van der Waals surface area contributed by atoms with Gasteiger partial charge in [-0.25, -0.2) is 0 Å². The molecule has 2 N–H and O–H groups in total. The molecular weight excluding hydrogens is 280 g/mol. The minimum Gasteiger partial charge on any atom is -0.347 e. The van der Waals surface area contributed by atoms with Gasteiger partial charge in [0.15, 0.2) is 6.29 Å². The molecule has 0 aromatic rings. The number of carbonyl (C=O) groups is 3. The fourth-order valence-corrected chi connectivity index (χ4v) is 1.75. The molecule has 0 aromatic carbocycles. The molecule has 0 fully saturated rings. The van der Waals surface area contributed by atoms with E-state index in [4.69, 9.17) is 0 Å². The van der Waals surface area contributed by atoms with Crippen LogP contribution in [-0.4, -0.2) is 31.2 Å². The lowest BCUT2D eigenvalue weighted by Gasteiger charge is -2.12. The Morgan fingerprint density at radius 1 is 1.14 bits per heavy atom. The van der Waals surface area contributed by atoms with Gasteiger partial charge in [0.25, 0.3) is 0 Å². The fourth-order valence-electron chi connectivity index (χ4n) is 1.75. The van der Waals surface area contributed by atoms with Gasteiger partial charge in [0.05, 0.1) is 0 Å². The Bertz CT molecular complexity index is 560. The maximum Gasteiger partial charge on any atom is 0.309 e. The third kappa shape index (κ3) is 7.25. The van der Waals surface area contributed by atoms with Crippen LogP contribution in [0.15, 0.2) is 35.5 Å². The van der Waals surface area contributed by atoms with Crippen LogP contribution in [0.3, 0.4) is 0 Å². The van der Waals surface area contributed by atoms with Crippen LogP contribution in [0.1, 0.15) is 27.2 Å². The van der Waals surface area contributed by atoms with Gasteiger partial charge in [-0.15, -0.1) is 0 Å². The molecule has 0 bridgehead atoms. The highest BCUT2D eigenvalue weighted by Crippen LogP contribution is 2.16. The van der Waals surface area contributed by atoms with Gasteiger partial charge in [0.1, 0.15) is 0 Å². The van der Waals surface area contributed by atoms with E-state index in [0.29, 0.717) is 12.7 Å². The summed E-state index contributed by atoms with van der Waals surface area (Å²) >= 11 is 0. The summed E-state index contributed by atoms with van der Waals surface area (Å²) in [7, 11) is 0. The zero-order valence-corrected chi connectivity index (χ0v) is 13.3. The summed E-state index contributed by atoms with van der Waals surface area (Å²) in [5, 5.41) is 4.99. The molecule has 5 nitrogen and oxygen atoms in total. The van der Waals surface area contributed by atoms with Crippen LogP contribution >= 0.6 is 0 Å². The molecule has 0 heterocycles. The number of nitrogens with one attached hydrogen (secondary N) is 2. The largest absolute Gasteiger partial charge is 0.347 e. The molecule has 0 aliphatic heterocycles. The quantitative estimate of drug-likeness (QED) is 0.255. The molecule has 2 amide bonds. The van der Waals surface area contributed by atoms with Gasteiger partial charge >= 0.3 is 11.8 Å². The summed E-state index contributed by atoms with van der Waals surface area (Å²) in [6, 6.07) is 0. The summed E-state index contributed by atoms with van der Waals surface area (Å²) in [6.45, 7) is 9.99. The van der Waals surface area contributed by atoms with Gasteiger partial charge in [0, 0.05) is 19.5 Å². The monoisotopic (exact) mass is 302 g/mol. The number of aldehydes is 1. The van der Waals surface area contributed by atoms with Crippen LogP contribution in [0.5, 0.6) is 0 Å². The predicted molar refractivity (Wildman–Crippen MR) is 86.8 cm³/mol. The molecule has 0 saturated heterocycles. The second kappa shape index (κ2) is 11.1. The maximum absolute atomic E-state index is 11.7. The van der Waals surface area contributed by atoms with Crippen molar-refractivity contribution < 1.29 is 14.4 Å². The minimum atomic E-state index is -0.722. The zero-order chi connectivity index (χ0) is 17.0. The van der Waals surface area contributed by atoms with Crippen LogP contribution in [0, 0.1) is 11.8 Å². The first-order valence-corrected chi connectivity index (χ1v) is 6.93. The Hall–Kier alpha value is -2.61. The number of amides is 2. The molecule has 0 radical (unpaired) electrons. The van der Waals surface area contributed by atoms with Gasteiger partial charge in [-0.05, 0) is 37.8 Å². The number of hydrogen-bond donors (Lipinski definition) is 2. The first kappa shape index (κ1) is 19.4. The molecule has 0 atom stereocenters. The number of allylic oxidation sites excluding steroid dienone is 3. The van der Waals surface area contributed by atoms with E-state index in [1.54, 1.807) is 0 Å². The number of hydrogen-bond acceptors (Lipinski definition) is 3. The highest BCUT2D eigenvalue weighted by Gasteiger charge is 2.13. The average Bonchev–Trinajstić information content (AvgIpc) is 2.50. The topological polar surface area (TPSA) is 75.3 Å². The standard InChI is InChI=1S/C17H22N2O3/c1-5-14(15(6-2)13(3)4)12-19-17(22)16(21)18-10-8-7-9-11-20/h5-6,11H,3,8,10,12H2,1-2,4H3,(H,18,21)(H,19,22)/b14-5-,15-6-. The van der Waals surface area contributed by atoms with Gasteiger partial charge in [-0.3, -0.25) is 14.4 Å². The van der Waals surface area contributed by atoms with E-state index in [1.807, 2.05) is 32.9 Å². The first-order valence-electron chi connectivity index (χ1n) is 6.93. The van der Waals surface area contributed by atoms with E-state index in [2.05, 4.69) is 29.1 Å². The molecule has 0 aliphatic carbocycles. The van der Waals surface area contributed by atoms with Gasteiger partial charge < -0.3 is 10.6 Å². The second-order valence-electron chi connectivity index (χ2n) is 4.42. The van der Waals surface area contributed by atoms with Crippen molar-refractivity contribution in [2.24, 2.45) is 0 Å². The number of rotatable bonds is 6. The SMILES string of the molecule is C=C(C)C(=C/C)/C(=C\C)CNC(=O)C(=O)NCCC#CC=O. The molecule has 118 valence electrons. The summed E-state index contributed by atoms with van der Waals surface area (Å²) in [6.07, 6.45) is 4.58. The van der Waals surface area contributed by atoms with E-state index < -0.39 is 11.8 Å². The summed E-state index contributed by atoms with van der Waals surface area (Å²) in [4.78, 5) is 33.2. The van der Waals surface area contributed by atoms with Gasteiger partial charge in [-0.1, -0.05) is 30.2 Å². The van der Waals surface area contributed by atoms with Gasteiger partial charge in [-0.2, -0.15) is 0 Å². The lowest BCUT2D eigenvalue weighted by atomic mass is 9.99. The van der Waals surface area contributed by atoms with E-state index in [9.17, 15) is 14.4 Å². The summed E-state index contributed by atoms with van der Waals surface area (Å²) in [5.74, 6) is 3.33. The van der Waals surface area contributed by atoms with Crippen molar-refractivity contribution in [3.8, 4) is 11.8 Å². The average molecular weight is 302 g/mol. The van der Waals surface area contributed by atoms with Crippen molar-refractivity contribution in [1.29, 1.82) is 0 Å². The Morgan fingerprint density at radius 2 is 1.77 bits per heavy atom. The van der Waals surface area contributed by atoms with E-state index in [-0.39, 0.29) is 13.1 Å². The Balaban J connectivity index is 4.39. The van der Waals surface area contributed by atoms with Crippen molar-refractivity contribution >= 4 is 18.1 Å². The first-order chi connectivity index (χ1) is 10.5. The van der Waals surface area contributed by atoms with E-state index >= 15 is 0 Å². The lowest BCUT2D eigenvalue weighted by Crippen LogP contribution is -2.41. The smallest absolute Gasteiger partial charge is 0.309 e. The van der Waals surface area contributed by atoms with Crippen molar-refractivity contribution in [3.63, 3.8) is 0 Å². The van der Waals surface area contributed by atoms with Gasteiger partial charge in [0.2, 0.25) is 0 Å². The molecule has 0 saturated carbocycles. The van der Waals surface area contributed by atoms with Crippen molar-refractivity contribution in [2.45, 2.75) is 27.2 Å². The van der Waals surface area contributed by atoms with Crippen LogP contribution < -0.4 is 10.6 Å². The Kier molecular flexibility index (Phi) is 9.78. The zero-order valence-electron chi connectivity index (χ0n) is 13.3. The molecule has 5 heteroatoms. The summed E-state index contributed by atoms with van der Waals surface area (Å²) in [5.41, 5.74) is 2.74. The van der Waals surface area contributed by atoms with E-state index in [0.717, 1.165) is 16.7 Å². The molecular formula is C17H22N2O3. The van der Waals surface area contributed by atoms with Crippen molar-refractivity contribution in [2.75, 3.05) is 13.1 Å². The van der Waals surface area contributed by atoms with Crippen LogP contribution in [0.25, 0.3) is 0 Å². The third-order valence-electron chi connectivity index (χ3n) is 2.79. The fraction of sp³-hybridized carbons (Fsp3) is 0.353. The molecule has 0 rings (SSSR count). The normalized spacial score (nSPS) is 11.0. The molecule has 0 spiro atoms. The van der Waals surface area contributed by atoms with Crippen molar-refractivity contribution in [1.82, 2.24) is 10.6 Å². The second-order valence-corrected chi connectivity index (χ2v) is 4.42. The highest BCUT2D eigenvalue weighted by molar-refractivity contribution is 6.35.